The fraction of sp³-hybridized carbons (Fsp3) is 0.417. The molecule has 1 atom stereocenters. The third-order valence-electron chi connectivity index (χ3n) is 3.02. The molecule has 0 bridgehead atoms. The zero-order valence-corrected chi connectivity index (χ0v) is 11.5. The Hall–Kier alpha value is -0.880. The van der Waals surface area contributed by atoms with Crippen molar-refractivity contribution >= 4 is 23.7 Å². The Labute approximate surface area is 116 Å². The van der Waals surface area contributed by atoms with Crippen molar-refractivity contribution in [2.24, 2.45) is 5.73 Å². The highest BCUT2D eigenvalue weighted by atomic mass is 35.5. The molecule has 0 aliphatic carbocycles. The van der Waals surface area contributed by atoms with Gasteiger partial charge in [0.1, 0.15) is 0 Å². The molecule has 0 unspecified atom stereocenters. The summed E-state index contributed by atoms with van der Waals surface area (Å²) in [6, 6.07) is 6.40. The van der Waals surface area contributed by atoms with Crippen LogP contribution in [0.5, 0.6) is 0 Å². The van der Waals surface area contributed by atoms with E-state index in [-0.39, 0.29) is 12.4 Å². The molecule has 4 nitrogen and oxygen atoms in total. The maximum absolute atomic E-state index is 5.88. The van der Waals surface area contributed by atoms with Gasteiger partial charge < -0.3 is 10.3 Å². The van der Waals surface area contributed by atoms with E-state index in [1.165, 1.54) is 0 Å². The summed E-state index contributed by atoms with van der Waals surface area (Å²) in [5.41, 5.74) is 6.87. The van der Waals surface area contributed by atoms with Gasteiger partial charge in [0, 0.05) is 31.7 Å². The van der Waals surface area contributed by atoms with Crippen molar-refractivity contribution < 1.29 is 4.52 Å². The van der Waals surface area contributed by atoms with Gasteiger partial charge in [-0.1, -0.05) is 11.2 Å². The van der Waals surface area contributed by atoms with Gasteiger partial charge in [-0.3, -0.25) is 4.90 Å². The molecule has 0 aromatic carbocycles. The fourth-order valence-corrected chi connectivity index (χ4v) is 2.83. The van der Waals surface area contributed by atoms with Gasteiger partial charge in [0.05, 0.1) is 10.6 Å². The monoisotopic (exact) mass is 285 g/mol. The minimum absolute atomic E-state index is 0. The van der Waals surface area contributed by atoms with E-state index in [1.807, 2.05) is 23.6 Å². The Kier molecular flexibility index (Phi) is 4.40. The summed E-state index contributed by atoms with van der Waals surface area (Å²) < 4.78 is 5.35. The van der Waals surface area contributed by atoms with Crippen LogP contribution >= 0.6 is 23.7 Å². The van der Waals surface area contributed by atoms with E-state index in [0.717, 1.165) is 42.4 Å². The zero-order valence-electron chi connectivity index (χ0n) is 9.91. The topological polar surface area (TPSA) is 55.3 Å². The lowest BCUT2D eigenvalue weighted by Crippen LogP contribution is -2.26. The second-order valence-corrected chi connectivity index (χ2v) is 5.39. The Morgan fingerprint density at radius 3 is 3.11 bits per heavy atom. The lowest BCUT2D eigenvalue weighted by atomic mass is 10.3. The summed E-state index contributed by atoms with van der Waals surface area (Å²) in [4.78, 5) is 3.45. The third kappa shape index (κ3) is 2.92. The Morgan fingerprint density at radius 1 is 1.56 bits per heavy atom. The molecule has 2 aromatic rings. The molecule has 1 aliphatic heterocycles. The van der Waals surface area contributed by atoms with Crippen LogP contribution in [0, 0.1) is 0 Å². The van der Waals surface area contributed by atoms with Gasteiger partial charge >= 0.3 is 0 Å². The van der Waals surface area contributed by atoms with Crippen LogP contribution < -0.4 is 5.73 Å². The second-order valence-electron chi connectivity index (χ2n) is 4.44. The maximum atomic E-state index is 5.88. The lowest BCUT2D eigenvalue weighted by molar-refractivity contribution is 0.311. The molecule has 1 fully saturated rings. The number of thiophene rings is 1. The van der Waals surface area contributed by atoms with E-state index in [2.05, 4.69) is 10.1 Å². The standard InChI is InChI=1S/C12H15N3OS.ClH/c13-9-3-4-15(7-9)8-10-6-11(16-14-10)12-2-1-5-17-12;/h1-2,5-6,9H,3-4,7-8,13H2;1H/t9-;/m1./s1. The first-order chi connectivity index (χ1) is 8.31. The molecule has 0 saturated carbocycles. The summed E-state index contributed by atoms with van der Waals surface area (Å²) in [6.45, 7) is 2.85. The first kappa shape index (κ1) is 13.5. The Morgan fingerprint density at radius 2 is 2.44 bits per heavy atom. The van der Waals surface area contributed by atoms with Crippen LogP contribution in [-0.2, 0) is 6.54 Å². The highest BCUT2D eigenvalue weighted by Crippen LogP contribution is 2.25. The molecule has 6 heteroatoms. The summed E-state index contributed by atoms with van der Waals surface area (Å²) in [7, 11) is 0. The van der Waals surface area contributed by atoms with Gasteiger partial charge in [0.15, 0.2) is 5.76 Å². The summed E-state index contributed by atoms with van der Waals surface area (Å²) in [5.74, 6) is 0.860. The number of hydrogen-bond acceptors (Lipinski definition) is 5. The smallest absolute Gasteiger partial charge is 0.177 e. The molecule has 0 spiro atoms. The van der Waals surface area contributed by atoms with E-state index in [4.69, 9.17) is 10.3 Å². The summed E-state index contributed by atoms with van der Waals surface area (Å²) in [6.07, 6.45) is 1.08. The summed E-state index contributed by atoms with van der Waals surface area (Å²) in [5, 5.41) is 6.15. The third-order valence-corrected chi connectivity index (χ3v) is 3.90. The minimum atomic E-state index is 0. The lowest BCUT2D eigenvalue weighted by Gasteiger charge is -2.11. The van der Waals surface area contributed by atoms with Crippen LogP contribution in [0.3, 0.4) is 0 Å². The van der Waals surface area contributed by atoms with E-state index in [1.54, 1.807) is 11.3 Å². The van der Waals surface area contributed by atoms with Crippen molar-refractivity contribution in [2.75, 3.05) is 13.1 Å². The first-order valence-electron chi connectivity index (χ1n) is 5.78. The van der Waals surface area contributed by atoms with Crippen LogP contribution in [0.2, 0.25) is 0 Å². The van der Waals surface area contributed by atoms with E-state index in [0.29, 0.717) is 6.04 Å². The van der Waals surface area contributed by atoms with Gasteiger partial charge in [-0.25, -0.2) is 0 Å². The molecule has 2 N–H and O–H groups in total. The predicted octanol–water partition coefficient (Wildman–Crippen LogP) is 2.36. The molecule has 1 aliphatic rings. The van der Waals surface area contributed by atoms with Crippen molar-refractivity contribution in [3.8, 4) is 10.6 Å². The molecule has 98 valence electrons. The van der Waals surface area contributed by atoms with Gasteiger partial charge in [0.25, 0.3) is 0 Å². The predicted molar refractivity (Wildman–Crippen MR) is 74.9 cm³/mol. The molecule has 3 heterocycles. The summed E-state index contributed by atoms with van der Waals surface area (Å²) >= 11 is 1.67. The van der Waals surface area contributed by atoms with Gasteiger partial charge in [-0.05, 0) is 17.9 Å². The van der Waals surface area contributed by atoms with Crippen LogP contribution in [0.1, 0.15) is 12.1 Å². The number of nitrogens with two attached hydrogens (primary N) is 1. The number of halogens is 1. The molecule has 1 saturated heterocycles. The molecule has 3 rings (SSSR count). The number of likely N-dealkylation sites (tertiary alicyclic amines) is 1. The molecule has 2 aromatic heterocycles. The molecule has 18 heavy (non-hydrogen) atoms. The number of hydrogen-bond donors (Lipinski definition) is 1. The second kappa shape index (κ2) is 5.84. The number of aromatic nitrogens is 1. The molecular formula is C12H16ClN3OS. The van der Waals surface area contributed by atoms with Crippen LogP contribution in [-0.4, -0.2) is 29.2 Å². The Bertz CT molecular complexity index is 485. The Balaban J connectivity index is 0.00000120. The van der Waals surface area contributed by atoms with E-state index < -0.39 is 0 Å². The van der Waals surface area contributed by atoms with Crippen molar-refractivity contribution in [1.29, 1.82) is 0 Å². The zero-order chi connectivity index (χ0) is 11.7. The van der Waals surface area contributed by atoms with Gasteiger partial charge in [0.2, 0.25) is 0 Å². The minimum Gasteiger partial charge on any atom is -0.355 e. The van der Waals surface area contributed by atoms with Crippen molar-refractivity contribution in [1.82, 2.24) is 10.1 Å². The molecular weight excluding hydrogens is 270 g/mol. The molecule has 0 radical (unpaired) electrons. The van der Waals surface area contributed by atoms with Gasteiger partial charge in [-0.2, -0.15) is 0 Å². The quantitative estimate of drug-likeness (QED) is 0.941. The highest BCUT2D eigenvalue weighted by Gasteiger charge is 2.20. The molecule has 0 amide bonds. The largest absolute Gasteiger partial charge is 0.355 e. The average molecular weight is 286 g/mol. The maximum Gasteiger partial charge on any atom is 0.177 e. The number of rotatable bonds is 3. The van der Waals surface area contributed by atoms with Crippen LogP contribution in [0.15, 0.2) is 28.1 Å². The highest BCUT2D eigenvalue weighted by molar-refractivity contribution is 7.13. The van der Waals surface area contributed by atoms with E-state index >= 15 is 0 Å². The fourth-order valence-electron chi connectivity index (χ4n) is 2.16. The SMILES string of the molecule is Cl.N[C@@H]1CCN(Cc2cc(-c3cccs3)on2)C1. The van der Waals surface area contributed by atoms with Crippen molar-refractivity contribution in [3.63, 3.8) is 0 Å². The van der Waals surface area contributed by atoms with Crippen LogP contribution in [0.4, 0.5) is 0 Å². The first-order valence-corrected chi connectivity index (χ1v) is 6.66. The van der Waals surface area contributed by atoms with Crippen LogP contribution in [0.25, 0.3) is 10.6 Å². The average Bonchev–Trinajstić information content (AvgIpc) is 3.00. The van der Waals surface area contributed by atoms with E-state index in [9.17, 15) is 0 Å². The number of nitrogens with zero attached hydrogens (tertiary/aromatic N) is 2. The van der Waals surface area contributed by atoms with Gasteiger partial charge in [-0.15, -0.1) is 23.7 Å². The van der Waals surface area contributed by atoms with Crippen molar-refractivity contribution in [2.45, 2.75) is 19.0 Å². The normalized spacial score (nSPS) is 19.9. The van der Waals surface area contributed by atoms with Crippen molar-refractivity contribution in [3.05, 3.63) is 29.3 Å².